The highest BCUT2D eigenvalue weighted by molar-refractivity contribution is 5.95. The molecule has 2 aromatic rings. The zero-order chi connectivity index (χ0) is 19.6. The van der Waals surface area contributed by atoms with Crippen LogP contribution in [0.1, 0.15) is 48.0 Å². The van der Waals surface area contributed by atoms with Crippen LogP contribution in [-0.2, 0) is 0 Å². The molecule has 1 amide bonds. The van der Waals surface area contributed by atoms with Gasteiger partial charge in [0.2, 0.25) is 0 Å². The lowest BCUT2D eigenvalue weighted by Crippen LogP contribution is -2.65. The largest absolute Gasteiger partial charge is 0.345 e. The molecule has 4 aliphatic carbocycles. The molecule has 4 nitrogen and oxygen atoms in total. The fraction of sp³-hybridized carbons (Fsp3) is 0.458. The van der Waals surface area contributed by atoms with E-state index >= 15 is 0 Å². The third-order valence-electron chi connectivity index (χ3n) is 6.61. The molecule has 1 aromatic heterocycles. The molecule has 1 N–H and O–H groups in total. The van der Waals surface area contributed by atoms with Crippen LogP contribution in [0.2, 0.25) is 0 Å². The van der Waals surface area contributed by atoms with Crippen molar-refractivity contribution in [1.29, 1.82) is 0 Å². The summed E-state index contributed by atoms with van der Waals surface area (Å²) in [4.78, 5) is 20.2. The topological polar surface area (TPSA) is 54.9 Å². The molecule has 6 rings (SSSR count). The standard InChI is InChI=1S/C20H23NO.C4H4N2/c1-3-18-17-9-14-8-15(10-17)12-20(18,11-14)21-19(22)16-6-4-5-13(2)7-16;1-2-6-4-3-5-1/h1,4-7,14-15,17-18H,8-12H2,2H3,(H,21,22);1-4H. The maximum atomic E-state index is 12.8. The van der Waals surface area contributed by atoms with Crippen LogP contribution in [0, 0.1) is 42.9 Å². The number of aromatic nitrogens is 2. The number of benzene rings is 1. The van der Waals surface area contributed by atoms with Crippen LogP contribution < -0.4 is 5.32 Å². The van der Waals surface area contributed by atoms with E-state index in [1.165, 1.54) is 19.3 Å². The van der Waals surface area contributed by atoms with Crippen molar-refractivity contribution >= 4 is 5.91 Å². The van der Waals surface area contributed by atoms with E-state index in [-0.39, 0.29) is 17.4 Å². The Hall–Kier alpha value is -2.67. The van der Waals surface area contributed by atoms with Gasteiger partial charge in [-0.15, -0.1) is 12.3 Å². The van der Waals surface area contributed by atoms with Gasteiger partial charge in [-0.2, -0.15) is 0 Å². The molecule has 4 aliphatic rings. The highest BCUT2D eigenvalue weighted by Gasteiger charge is 2.57. The van der Waals surface area contributed by atoms with Crippen molar-refractivity contribution in [2.24, 2.45) is 23.7 Å². The minimum Gasteiger partial charge on any atom is -0.345 e. The molecule has 3 unspecified atom stereocenters. The third-order valence-corrected chi connectivity index (χ3v) is 6.61. The Balaban J connectivity index is 0.000000275. The number of hydrogen-bond acceptors (Lipinski definition) is 3. The SMILES string of the molecule is C#CC1C2CC3CC(C2)CC1(NC(=O)c1cccc(C)c1)C3.c1cnccn1. The lowest BCUT2D eigenvalue weighted by Gasteiger charge is -2.60. The van der Waals surface area contributed by atoms with Crippen molar-refractivity contribution < 1.29 is 4.79 Å². The van der Waals surface area contributed by atoms with Gasteiger partial charge in [-0.1, -0.05) is 17.7 Å². The Morgan fingerprint density at radius 1 is 1.11 bits per heavy atom. The number of nitrogens with zero attached hydrogens (tertiary/aromatic N) is 2. The first-order chi connectivity index (χ1) is 13.6. The zero-order valence-electron chi connectivity index (χ0n) is 16.3. The van der Waals surface area contributed by atoms with Gasteiger partial charge in [0.25, 0.3) is 5.91 Å². The van der Waals surface area contributed by atoms with Gasteiger partial charge >= 0.3 is 0 Å². The molecule has 0 saturated heterocycles. The first-order valence-corrected chi connectivity index (χ1v) is 10.1. The van der Waals surface area contributed by atoms with Crippen LogP contribution in [0.3, 0.4) is 0 Å². The van der Waals surface area contributed by atoms with Crippen molar-refractivity contribution in [3.05, 3.63) is 60.2 Å². The lowest BCUT2D eigenvalue weighted by atomic mass is 9.48. The third kappa shape index (κ3) is 3.67. The molecule has 1 heterocycles. The molecule has 4 heteroatoms. The maximum Gasteiger partial charge on any atom is 0.251 e. The van der Waals surface area contributed by atoms with Crippen molar-refractivity contribution in [1.82, 2.24) is 15.3 Å². The zero-order valence-corrected chi connectivity index (χ0v) is 16.3. The van der Waals surface area contributed by atoms with Crippen LogP contribution in [-0.4, -0.2) is 21.4 Å². The summed E-state index contributed by atoms with van der Waals surface area (Å²) in [5.74, 6) is 5.45. The summed E-state index contributed by atoms with van der Waals surface area (Å²) < 4.78 is 0. The van der Waals surface area contributed by atoms with Gasteiger partial charge in [0.1, 0.15) is 0 Å². The fourth-order valence-corrected chi connectivity index (χ4v) is 5.85. The predicted octanol–water partition coefficient (Wildman–Crippen LogP) is 4.03. The smallest absolute Gasteiger partial charge is 0.251 e. The van der Waals surface area contributed by atoms with Gasteiger partial charge in [0, 0.05) is 36.3 Å². The highest BCUT2D eigenvalue weighted by Crippen LogP contribution is 2.58. The van der Waals surface area contributed by atoms with Crippen LogP contribution in [0.15, 0.2) is 49.1 Å². The molecule has 3 atom stereocenters. The Kier molecular flexibility index (Phi) is 5.17. The van der Waals surface area contributed by atoms with Gasteiger partial charge < -0.3 is 5.32 Å². The molecular formula is C24H27N3O. The minimum absolute atomic E-state index is 0.0471. The number of nitrogens with one attached hydrogen (secondary N) is 1. The molecule has 4 bridgehead atoms. The molecular weight excluding hydrogens is 346 g/mol. The van der Waals surface area contributed by atoms with Gasteiger partial charge in [0.15, 0.2) is 0 Å². The van der Waals surface area contributed by atoms with E-state index in [2.05, 4.69) is 21.2 Å². The first kappa shape index (κ1) is 18.7. The Labute approximate surface area is 167 Å². The van der Waals surface area contributed by atoms with Crippen molar-refractivity contribution in [2.75, 3.05) is 0 Å². The fourth-order valence-electron chi connectivity index (χ4n) is 5.85. The van der Waals surface area contributed by atoms with Gasteiger partial charge in [-0.3, -0.25) is 14.8 Å². The summed E-state index contributed by atoms with van der Waals surface area (Å²) in [6.07, 6.45) is 18.5. The highest BCUT2D eigenvalue weighted by atomic mass is 16.1. The number of carbonyl (C=O) groups is 1. The monoisotopic (exact) mass is 373 g/mol. The van der Waals surface area contributed by atoms with E-state index in [0.717, 1.165) is 35.8 Å². The average Bonchev–Trinajstić information content (AvgIpc) is 2.69. The molecule has 1 aromatic carbocycles. The molecule has 0 radical (unpaired) electrons. The van der Waals surface area contributed by atoms with E-state index in [1.54, 1.807) is 24.8 Å². The second-order valence-corrected chi connectivity index (χ2v) is 8.63. The van der Waals surface area contributed by atoms with Crippen LogP contribution in [0.25, 0.3) is 0 Å². The minimum atomic E-state index is -0.148. The number of carbonyl (C=O) groups excluding carboxylic acids is 1. The number of amides is 1. The van der Waals surface area contributed by atoms with Crippen molar-refractivity contribution in [2.45, 2.75) is 44.6 Å². The van der Waals surface area contributed by atoms with Crippen LogP contribution in [0.5, 0.6) is 0 Å². The lowest BCUT2D eigenvalue weighted by molar-refractivity contribution is -0.0471. The Bertz CT molecular complexity index is 832. The molecule has 4 saturated carbocycles. The molecule has 144 valence electrons. The van der Waals surface area contributed by atoms with Gasteiger partial charge in [-0.25, -0.2) is 0 Å². The van der Waals surface area contributed by atoms with E-state index in [9.17, 15) is 4.79 Å². The Morgan fingerprint density at radius 3 is 2.29 bits per heavy atom. The normalized spacial score (nSPS) is 32.0. The maximum absolute atomic E-state index is 12.8. The van der Waals surface area contributed by atoms with Crippen LogP contribution in [0.4, 0.5) is 0 Å². The second kappa shape index (κ2) is 7.75. The van der Waals surface area contributed by atoms with E-state index in [1.807, 2.05) is 31.2 Å². The van der Waals surface area contributed by atoms with Gasteiger partial charge in [-0.05, 0) is 68.9 Å². The number of aryl methyl sites for hydroxylation is 1. The summed E-state index contributed by atoms with van der Waals surface area (Å²) in [5, 5.41) is 3.39. The van der Waals surface area contributed by atoms with Crippen LogP contribution >= 0.6 is 0 Å². The van der Waals surface area contributed by atoms with E-state index in [4.69, 9.17) is 6.42 Å². The summed E-state index contributed by atoms with van der Waals surface area (Å²) in [6.45, 7) is 2.02. The summed E-state index contributed by atoms with van der Waals surface area (Å²) in [6, 6.07) is 7.82. The molecule has 4 fully saturated rings. The second-order valence-electron chi connectivity index (χ2n) is 8.63. The first-order valence-electron chi connectivity index (χ1n) is 10.1. The number of rotatable bonds is 2. The average molecular weight is 374 g/mol. The summed E-state index contributed by atoms with van der Waals surface area (Å²) in [7, 11) is 0. The van der Waals surface area contributed by atoms with Gasteiger partial charge in [0.05, 0.1) is 5.54 Å². The quantitative estimate of drug-likeness (QED) is 0.809. The predicted molar refractivity (Wildman–Crippen MR) is 109 cm³/mol. The summed E-state index contributed by atoms with van der Waals surface area (Å²) in [5.41, 5.74) is 1.72. The number of terminal acetylenes is 1. The Morgan fingerprint density at radius 2 is 1.75 bits per heavy atom. The van der Waals surface area contributed by atoms with Crippen molar-refractivity contribution in [3.63, 3.8) is 0 Å². The van der Waals surface area contributed by atoms with Crippen molar-refractivity contribution in [3.8, 4) is 12.3 Å². The summed E-state index contributed by atoms with van der Waals surface area (Å²) >= 11 is 0. The molecule has 0 spiro atoms. The molecule has 0 aliphatic heterocycles. The molecule has 28 heavy (non-hydrogen) atoms. The van der Waals surface area contributed by atoms with E-state index < -0.39 is 0 Å². The number of hydrogen-bond donors (Lipinski definition) is 1. The van der Waals surface area contributed by atoms with E-state index in [0.29, 0.717) is 5.92 Å².